The Morgan fingerprint density at radius 3 is 2.80 bits per heavy atom. The van der Waals surface area contributed by atoms with Crippen LogP contribution in [0.5, 0.6) is 11.5 Å². The normalized spacial score (nSPS) is 15.8. The summed E-state index contributed by atoms with van der Waals surface area (Å²) >= 11 is 0. The minimum absolute atomic E-state index is 0.199. The third-order valence-electron chi connectivity index (χ3n) is 3.33. The smallest absolute Gasteiger partial charge is 0.330 e. The molecule has 1 unspecified atom stereocenters. The van der Waals surface area contributed by atoms with Crippen LogP contribution in [-0.4, -0.2) is 40.1 Å². The van der Waals surface area contributed by atoms with Crippen LogP contribution in [0.4, 0.5) is 0 Å². The molecule has 1 aromatic rings. The maximum absolute atomic E-state index is 12.1. The van der Waals surface area contributed by atoms with E-state index in [0.29, 0.717) is 24.7 Å². The molecule has 110 valence electrons. The van der Waals surface area contributed by atoms with Gasteiger partial charge in [-0.05, 0) is 24.6 Å². The van der Waals surface area contributed by atoms with Crippen LogP contribution in [0.2, 0.25) is 0 Å². The Kier molecular flexibility index (Phi) is 4.46. The standard InChI is InChI=1S/C14H19NO5/c1-14(13(16)18-3,15-6-7-17-2)10-4-5-11-12(8-10)20-9-19-11/h4-5,8,15H,6-7,9H2,1-3H3. The molecule has 6 nitrogen and oxygen atoms in total. The van der Waals surface area contributed by atoms with Crippen molar-refractivity contribution in [2.24, 2.45) is 0 Å². The molecule has 1 N–H and O–H groups in total. The average Bonchev–Trinajstić information content (AvgIpc) is 2.93. The molecule has 0 radical (unpaired) electrons. The number of rotatable bonds is 6. The Labute approximate surface area is 118 Å². The van der Waals surface area contributed by atoms with Crippen molar-refractivity contribution in [2.45, 2.75) is 12.5 Å². The van der Waals surface area contributed by atoms with E-state index in [0.717, 1.165) is 5.56 Å². The third-order valence-corrected chi connectivity index (χ3v) is 3.33. The SMILES string of the molecule is COCCNC(C)(C(=O)OC)c1ccc2c(c1)OCO2. The number of benzene rings is 1. The first-order valence-corrected chi connectivity index (χ1v) is 6.34. The van der Waals surface area contributed by atoms with Crippen molar-refractivity contribution in [3.8, 4) is 11.5 Å². The summed E-state index contributed by atoms with van der Waals surface area (Å²) in [5.41, 5.74) is -0.210. The van der Waals surface area contributed by atoms with Gasteiger partial charge in [-0.1, -0.05) is 6.07 Å². The minimum atomic E-state index is -0.964. The Bertz CT molecular complexity index is 490. The van der Waals surface area contributed by atoms with Crippen molar-refractivity contribution in [3.63, 3.8) is 0 Å². The predicted octanol–water partition coefficient (Wildman–Crippen LogP) is 1.04. The first kappa shape index (κ1) is 14.6. The number of nitrogens with one attached hydrogen (secondary N) is 1. The maximum atomic E-state index is 12.1. The number of methoxy groups -OCH3 is 2. The van der Waals surface area contributed by atoms with E-state index in [1.54, 1.807) is 26.2 Å². The van der Waals surface area contributed by atoms with Gasteiger partial charge in [0.15, 0.2) is 11.5 Å². The summed E-state index contributed by atoms with van der Waals surface area (Å²) in [4.78, 5) is 12.1. The highest BCUT2D eigenvalue weighted by atomic mass is 16.7. The zero-order valence-corrected chi connectivity index (χ0v) is 11.9. The van der Waals surface area contributed by atoms with Crippen LogP contribution < -0.4 is 14.8 Å². The van der Waals surface area contributed by atoms with Gasteiger partial charge in [0, 0.05) is 13.7 Å². The zero-order chi connectivity index (χ0) is 14.6. The lowest BCUT2D eigenvalue weighted by Gasteiger charge is -2.28. The number of ether oxygens (including phenoxy) is 4. The van der Waals surface area contributed by atoms with Crippen LogP contribution in [0.1, 0.15) is 12.5 Å². The molecule has 6 heteroatoms. The van der Waals surface area contributed by atoms with Gasteiger partial charge in [-0.25, -0.2) is 4.79 Å². The molecule has 1 aliphatic rings. The molecular formula is C14H19NO5. The second-order valence-corrected chi connectivity index (χ2v) is 4.60. The van der Waals surface area contributed by atoms with Crippen molar-refractivity contribution in [3.05, 3.63) is 23.8 Å². The van der Waals surface area contributed by atoms with Crippen LogP contribution in [0.25, 0.3) is 0 Å². The molecule has 0 aliphatic carbocycles. The van der Waals surface area contributed by atoms with E-state index in [1.807, 2.05) is 6.07 Å². The number of esters is 1. The van der Waals surface area contributed by atoms with Crippen molar-refractivity contribution in [1.82, 2.24) is 5.32 Å². The molecule has 0 saturated carbocycles. The molecule has 2 rings (SSSR count). The van der Waals surface area contributed by atoms with Gasteiger partial charge in [-0.2, -0.15) is 0 Å². The number of hydrogen-bond acceptors (Lipinski definition) is 6. The van der Waals surface area contributed by atoms with Gasteiger partial charge in [0.2, 0.25) is 6.79 Å². The fourth-order valence-corrected chi connectivity index (χ4v) is 2.11. The summed E-state index contributed by atoms with van der Waals surface area (Å²) in [5.74, 6) is 0.941. The molecule has 0 fully saturated rings. The van der Waals surface area contributed by atoms with Crippen molar-refractivity contribution in [2.75, 3.05) is 34.2 Å². The van der Waals surface area contributed by atoms with E-state index in [-0.39, 0.29) is 12.8 Å². The van der Waals surface area contributed by atoms with Gasteiger partial charge >= 0.3 is 5.97 Å². The van der Waals surface area contributed by atoms with Crippen LogP contribution in [0.3, 0.4) is 0 Å². The highest BCUT2D eigenvalue weighted by Gasteiger charge is 2.37. The lowest BCUT2D eigenvalue weighted by atomic mass is 9.91. The number of hydrogen-bond donors (Lipinski definition) is 1. The average molecular weight is 281 g/mol. The van der Waals surface area contributed by atoms with Gasteiger partial charge in [-0.15, -0.1) is 0 Å². The molecule has 1 heterocycles. The molecule has 0 spiro atoms. The Morgan fingerprint density at radius 2 is 2.10 bits per heavy atom. The van der Waals surface area contributed by atoms with Crippen LogP contribution >= 0.6 is 0 Å². The van der Waals surface area contributed by atoms with Gasteiger partial charge in [-0.3, -0.25) is 5.32 Å². The quantitative estimate of drug-likeness (QED) is 0.621. The Morgan fingerprint density at radius 1 is 1.35 bits per heavy atom. The lowest BCUT2D eigenvalue weighted by molar-refractivity contribution is -0.148. The summed E-state index contributed by atoms with van der Waals surface area (Å²) < 4.78 is 20.5. The van der Waals surface area contributed by atoms with E-state index in [2.05, 4.69) is 5.32 Å². The monoisotopic (exact) mass is 281 g/mol. The summed E-state index contributed by atoms with van der Waals surface area (Å²) in [5, 5.41) is 3.16. The Hall–Kier alpha value is -1.79. The first-order valence-electron chi connectivity index (χ1n) is 6.34. The fourth-order valence-electron chi connectivity index (χ4n) is 2.11. The second-order valence-electron chi connectivity index (χ2n) is 4.60. The molecule has 0 bridgehead atoms. The molecule has 1 atom stereocenters. The van der Waals surface area contributed by atoms with Crippen molar-refractivity contribution in [1.29, 1.82) is 0 Å². The van der Waals surface area contributed by atoms with Crippen LogP contribution in [0, 0.1) is 0 Å². The number of fused-ring (bicyclic) bond motifs is 1. The van der Waals surface area contributed by atoms with Gasteiger partial charge < -0.3 is 18.9 Å². The van der Waals surface area contributed by atoms with E-state index in [1.165, 1.54) is 7.11 Å². The molecular weight excluding hydrogens is 262 g/mol. The van der Waals surface area contributed by atoms with Gasteiger partial charge in [0.25, 0.3) is 0 Å². The van der Waals surface area contributed by atoms with E-state index >= 15 is 0 Å². The highest BCUT2D eigenvalue weighted by Crippen LogP contribution is 2.36. The number of carbonyl (C=O) groups is 1. The highest BCUT2D eigenvalue weighted by molar-refractivity contribution is 5.82. The second kappa shape index (κ2) is 6.11. The minimum Gasteiger partial charge on any atom is -0.467 e. The molecule has 0 saturated heterocycles. The molecule has 1 aliphatic heterocycles. The maximum Gasteiger partial charge on any atom is 0.330 e. The van der Waals surface area contributed by atoms with E-state index in [9.17, 15) is 4.79 Å². The summed E-state index contributed by atoms with van der Waals surface area (Å²) in [6.07, 6.45) is 0. The fraction of sp³-hybridized carbons (Fsp3) is 0.500. The molecule has 0 amide bonds. The largest absolute Gasteiger partial charge is 0.467 e. The number of carbonyl (C=O) groups excluding carboxylic acids is 1. The summed E-state index contributed by atoms with van der Waals surface area (Å²) in [6.45, 7) is 2.99. The zero-order valence-electron chi connectivity index (χ0n) is 11.9. The van der Waals surface area contributed by atoms with E-state index in [4.69, 9.17) is 18.9 Å². The predicted molar refractivity (Wildman–Crippen MR) is 71.8 cm³/mol. The lowest BCUT2D eigenvalue weighted by Crippen LogP contribution is -2.48. The van der Waals surface area contributed by atoms with Gasteiger partial charge in [0.1, 0.15) is 5.54 Å². The van der Waals surface area contributed by atoms with Crippen LogP contribution in [-0.2, 0) is 19.8 Å². The topological polar surface area (TPSA) is 66.0 Å². The summed E-state index contributed by atoms with van der Waals surface area (Å²) in [7, 11) is 2.98. The first-order chi connectivity index (χ1) is 9.61. The van der Waals surface area contributed by atoms with Crippen LogP contribution in [0.15, 0.2) is 18.2 Å². The molecule has 20 heavy (non-hydrogen) atoms. The molecule has 0 aromatic heterocycles. The van der Waals surface area contributed by atoms with Gasteiger partial charge in [0.05, 0.1) is 13.7 Å². The molecule has 1 aromatic carbocycles. The van der Waals surface area contributed by atoms with Crippen molar-refractivity contribution >= 4 is 5.97 Å². The third kappa shape index (κ3) is 2.71. The summed E-state index contributed by atoms with van der Waals surface area (Å²) in [6, 6.07) is 5.40. The van der Waals surface area contributed by atoms with Crippen molar-refractivity contribution < 1.29 is 23.7 Å². The Balaban J connectivity index is 2.28. The van der Waals surface area contributed by atoms with E-state index < -0.39 is 5.54 Å².